The maximum atomic E-state index is 13.8. The summed E-state index contributed by atoms with van der Waals surface area (Å²) < 4.78 is 27.0. The second-order valence-electron chi connectivity index (χ2n) is 4.27. The number of hydrazine groups is 1. The van der Waals surface area contributed by atoms with Gasteiger partial charge in [-0.15, -0.1) is 0 Å². The average molecular weight is 258 g/mol. The number of anilines is 2. The molecule has 100 valence electrons. The number of rotatable bonds is 5. The molecule has 0 radical (unpaired) electrons. The van der Waals surface area contributed by atoms with Crippen LogP contribution in [0.5, 0.6) is 0 Å². The third kappa shape index (κ3) is 2.37. The quantitative estimate of drug-likeness (QED) is 0.542. The molecule has 1 saturated carbocycles. The van der Waals surface area contributed by atoms with E-state index >= 15 is 0 Å². The number of hydrogen-bond acceptors (Lipinski definition) is 5. The zero-order chi connectivity index (χ0) is 13.1. The highest BCUT2D eigenvalue weighted by atomic mass is 19.1. The lowest BCUT2D eigenvalue weighted by Crippen LogP contribution is -2.43. The Labute approximate surface area is 104 Å². The summed E-state index contributed by atoms with van der Waals surface area (Å²) in [6, 6.07) is 0.899. The van der Waals surface area contributed by atoms with Crippen LogP contribution in [0.3, 0.4) is 0 Å². The van der Waals surface area contributed by atoms with Crippen LogP contribution in [0.4, 0.5) is 20.4 Å². The van der Waals surface area contributed by atoms with Crippen LogP contribution < -0.4 is 16.2 Å². The van der Waals surface area contributed by atoms with E-state index in [0.717, 1.165) is 25.3 Å². The lowest BCUT2D eigenvalue weighted by atomic mass is 9.91. The van der Waals surface area contributed by atoms with E-state index in [1.54, 1.807) is 4.90 Å². The van der Waals surface area contributed by atoms with Crippen molar-refractivity contribution in [3.05, 3.63) is 17.7 Å². The molecular weight excluding hydrogens is 242 g/mol. The van der Waals surface area contributed by atoms with E-state index in [2.05, 4.69) is 10.4 Å². The van der Waals surface area contributed by atoms with Crippen LogP contribution in [0.2, 0.25) is 0 Å². The number of nitrogens with zero attached hydrogens (tertiary/aromatic N) is 2. The molecule has 0 unspecified atom stereocenters. The maximum Gasteiger partial charge on any atom is 0.178 e. The van der Waals surface area contributed by atoms with Crippen LogP contribution in [0.15, 0.2) is 6.07 Å². The standard InChI is InChI=1S/C11H16F2N4O/c12-8-6-9(13)11(15-10(8)16-14)17(4-5-18)7-2-1-3-7/h6-7,18H,1-5,14H2,(H,15,16). The zero-order valence-electron chi connectivity index (χ0n) is 9.87. The molecule has 1 heterocycles. The number of nitrogens with two attached hydrogens (primary N) is 1. The van der Waals surface area contributed by atoms with Gasteiger partial charge in [0.1, 0.15) is 0 Å². The van der Waals surface area contributed by atoms with E-state index in [-0.39, 0.29) is 30.8 Å². The number of pyridine rings is 1. The number of hydrogen-bond donors (Lipinski definition) is 3. The summed E-state index contributed by atoms with van der Waals surface area (Å²) in [5, 5.41) is 9.03. The molecule has 1 fully saturated rings. The fourth-order valence-corrected chi connectivity index (χ4v) is 2.03. The van der Waals surface area contributed by atoms with Gasteiger partial charge in [0.25, 0.3) is 0 Å². The van der Waals surface area contributed by atoms with E-state index in [4.69, 9.17) is 10.9 Å². The Hall–Kier alpha value is -1.47. The molecule has 1 aliphatic carbocycles. The third-order valence-corrected chi connectivity index (χ3v) is 3.18. The third-order valence-electron chi connectivity index (χ3n) is 3.18. The zero-order valence-corrected chi connectivity index (χ0v) is 9.87. The van der Waals surface area contributed by atoms with Gasteiger partial charge in [-0.05, 0) is 19.3 Å². The van der Waals surface area contributed by atoms with Gasteiger partial charge in [0.2, 0.25) is 0 Å². The van der Waals surface area contributed by atoms with Crippen molar-refractivity contribution in [2.75, 3.05) is 23.5 Å². The van der Waals surface area contributed by atoms with Crippen molar-refractivity contribution in [2.24, 2.45) is 5.84 Å². The highest BCUT2D eigenvalue weighted by molar-refractivity contribution is 5.49. The minimum absolute atomic E-state index is 0.0306. The molecule has 7 heteroatoms. The van der Waals surface area contributed by atoms with Crippen molar-refractivity contribution in [3.8, 4) is 0 Å². The predicted octanol–water partition coefficient (Wildman–Crippen LogP) is 0.997. The van der Waals surface area contributed by atoms with Crippen LogP contribution >= 0.6 is 0 Å². The van der Waals surface area contributed by atoms with Gasteiger partial charge in [-0.25, -0.2) is 19.6 Å². The van der Waals surface area contributed by atoms with Crippen LogP contribution in [0, 0.1) is 11.6 Å². The normalized spacial score (nSPS) is 15.3. The van der Waals surface area contributed by atoms with Gasteiger partial charge in [0, 0.05) is 18.7 Å². The molecule has 1 aromatic heterocycles. The monoisotopic (exact) mass is 258 g/mol. The van der Waals surface area contributed by atoms with Gasteiger partial charge in [-0.2, -0.15) is 0 Å². The fraction of sp³-hybridized carbons (Fsp3) is 0.545. The molecule has 4 N–H and O–H groups in total. The van der Waals surface area contributed by atoms with Crippen molar-refractivity contribution >= 4 is 11.6 Å². The Kier molecular flexibility index (Phi) is 3.93. The molecule has 0 aliphatic heterocycles. The van der Waals surface area contributed by atoms with Crippen molar-refractivity contribution < 1.29 is 13.9 Å². The van der Waals surface area contributed by atoms with Gasteiger partial charge < -0.3 is 15.4 Å². The van der Waals surface area contributed by atoms with E-state index in [9.17, 15) is 8.78 Å². The molecule has 0 atom stereocenters. The second kappa shape index (κ2) is 5.45. The number of aromatic nitrogens is 1. The van der Waals surface area contributed by atoms with E-state index in [0.29, 0.717) is 0 Å². The Bertz CT molecular complexity index is 426. The van der Waals surface area contributed by atoms with Crippen LogP contribution in [0.25, 0.3) is 0 Å². The number of nitrogens with one attached hydrogen (secondary N) is 1. The number of halogens is 2. The molecule has 18 heavy (non-hydrogen) atoms. The average Bonchev–Trinajstić information content (AvgIpc) is 2.26. The maximum absolute atomic E-state index is 13.8. The summed E-state index contributed by atoms with van der Waals surface area (Å²) in [7, 11) is 0. The molecule has 0 spiro atoms. The predicted molar refractivity (Wildman–Crippen MR) is 64.0 cm³/mol. The van der Waals surface area contributed by atoms with Gasteiger partial charge in [0.05, 0.1) is 6.61 Å². The van der Waals surface area contributed by atoms with Gasteiger partial charge in [-0.3, -0.25) is 0 Å². The summed E-state index contributed by atoms with van der Waals surface area (Å²) in [5.74, 6) is 3.37. The first-order valence-electron chi connectivity index (χ1n) is 5.87. The minimum atomic E-state index is -0.837. The van der Waals surface area contributed by atoms with E-state index < -0.39 is 11.6 Å². The lowest BCUT2D eigenvalue weighted by Gasteiger charge is -2.38. The number of aliphatic hydroxyl groups excluding tert-OH is 1. The first-order chi connectivity index (χ1) is 8.67. The van der Waals surface area contributed by atoms with Gasteiger partial charge in [-0.1, -0.05) is 0 Å². The summed E-state index contributed by atoms with van der Waals surface area (Å²) >= 11 is 0. The smallest absolute Gasteiger partial charge is 0.178 e. The number of nitrogen functional groups attached to an aromatic ring is 1. The first-order valence-corrected chi connectivity index (χ1v) is 5.87. The van der Waals surface area contributed by atoms with Crippen molar-refractivity contribution in [1.29, 1.82) is 0 Å². The van der Waals surface area contributed by atoms with Crippen molar-refractivity contribution in [3.63, 3.8) is 0 Å². The Morgan fingerprint density at radius 3 is 2.67 bits per heavy atom. The first kappa shape index (κ1) is 13.0. The highest BCUT2D eigenvalue weighted by Gasteiger charge is 2.28. The fourth-order valence-electron chi connectivity index (χ4n) is 2.03. The molecule has 0 amide bonds. The number of aliphatic hydroxyl groups is 1. The minimum Gasteiger partial charge on any atom is -0.395 e. The topological polar surface area (TPSA) is 74.4 Å². The molecular formula is C11H16F2N4O. The Morgan fingerprint density at radius 2 is 2.17 bits per heavy atom. The Morgan fingerprint density at radius 1 is 1.44 bits per heavy atom. The molecule has 5 nitrogen and oxygen atoms in total. The molecule has 0 aromatic carbocycles. The summed E-state index contributed by atoms with van der Waals surface area (Å²) in [4.78, 5) is 5.51. The second-order valence-corrected chi connectivity index (χ2v) is 4.27. The molecule has 0 bridgehead atoms. The van der Waals surface area contributed by atoms with Gasteiger partial charge >= 0.3 is 0 Å². The van der Waals surface area contributed by atoms with E-state index in [1.807, 2.05) is 0 Å². The van der Waals surface area contributed by atoms with Crippen molar-refractivity contribution in [2.45, 2.75) is 25.3 Å². The SMILES string of the molecule is NNc1nc(N(CCO)C2CCC2)c(F)cc1F. The molecule has 0 saturated heterocycles. The molecule has 2 rings (SSSR count). The largest absolute Gasteiger partial charge is 0.395 e. The lowest BCUT2D eigenvalue weighted by molar-refractivity contribution is 0.282. The summed E-state index contributed by atoms with van der Waals surface area (Å²) in [5.41, 5.74) is 2.09. The molecule has 1 aromatic rings. The summed E-state index contributed by atoms with van der Waals surface area (Å²) in [6.45, 7) is 0.157. The summed E-state index contributed by atoms with van der Waals surface area (Å²) in [6.07, 6.45) is 2.91. The van der Waals surface area contributed by atoms with E-state index in [1.165, 1.54) is 0 Å². The van der Waals surface area contributed by atoms with Crippen LogP contribution in [-0.2, 0) is 0 Å². The highest BCUT2D eigenvalue weighted by Crippen LogP contribution is 2.31. The van der Waals surface area contributed by atoms with Gasteiger partial charge in [0.15, 0.2) is 23.3 Å². The van der Waals surface area contributed by atoms with Crippen LogP contribution in [0.1, 0.15) is 19.3 Å². The Balaban J connectivity index is 2.33. The van der Waals surface area contributed by atoms with Crippen molar-refractivity contribution in [1.82, 2.24) is 4.98 Å². The molecule has 1 aliphatic rings. The van der Waals surface area contributed by atoms with Crippen LogP contribution in [-0.4, -0.2) is 29.3 Å².